The second kappa shape index (κ2) is 7.87. The molecule has 1 saturated carbocycles. The average molecular weight is 385 g/mol. The zero-order valence-electron chi connectivity index (χ0n) is 16.3. The molecule has 0 aromatic carbocycles. The van der Waals surface area contributed by atoms with Gasteiger partial charge in [0.25, 0.3) is 0 Å². The molecule has 3 fully saturated rings. The van der Waals surface area contributed by atoms with Gasteiger partial charge in [-0.2, -0.15) is 0 Å². The molecule has 2 atom stereocenters. The molecule has 0 N–H and O–H groups in total. The number of imide groups is 2. The molecular weight excluding hydrogens is 358 g/mol. The summed E-state index contributed by atoms with van der Waals surface area (Å²) in [6.07, 6.45) is 5.67. The van der Waals surface area contributed by atoms with Crippen LogP contribution in [-0.4, -0.2) is 76.4 Å². The van der Waals surface area contributed by atoms with Gasteiger partial charge in [0.2, 0.25) is 0 Å². The van der Waals surface area contributed by atoms with Crippen LogP contribution in [0.5, 0.6) is 0 Å². The van der Waals surface area contributed by atoms with Gasteiger partial charge in [0.15, 0.2) is 0 Å². The predicted molar refractivity (Wildman–Crippen MR) is 103 cm³/mol. The monoisotopic (exact) mass is 385 g/mol. The van der Waals surface area contributed by atoms with Crippen LogP contribution in [0.15, 0.2) is 24.4 Å². The third-order valence-electron chi connectivity index (χ3n) is 6.17. The van der Waals surface area contributed by atoms with E-state index in [0.717, 1.165) is 49.5 Å². The molecule has 4 amide bonds. The lowest BCUT2D eigenvalue weighted by atomic mass is 9.85. The van der Waals surface area contributed by atoms with Crippen LogP contribution in [0.2, 0.25) is 0 Å². The molecule has 8 heteroatoms. The van der Waals surface area contributed by atoms with Crippen LogP contribution < -0.4 is 4.90 Å². The fourth-order valence-corrected chi connectivity index (χ4v) is 4.48. The number of piperazine rings is 1. The molecule has 4 rings (SSSR count). The standard InChI is InChI=1S/C20H27N5O3/c1-15-6-2-3-7-16(15)25-19(27)18(26)24(20(25)28)14-22-10-12-23(13-11-22)17-8-4-5-9-21-17/h4-5,8-9,15-16H,2-3,6-7,10-14H2,1H3/t15-,16-/m0/s1. The van der Waals surface area contributed by atoms with Crippen LogP contribution in [0.25, 0.3) is 0 Å². The minimum Gasteiger partial charge on any atom is -0.354 e. The van der Waals surface area contributed by atoms with Crippen molar-refractivity contribution in [3.63, 3.8) is 0 Å². The van der Waals surface area contributed by atoms with Gasteiger partial charge in [0.1, 0.15) is 5.82 Å². The van der Waals surface area contributed by atoms with Gasteiger partial charge in [-0.05, 0) is 30.9 Å². The first-order valence-electron chi connectivity index (χ1n) is 10.1. The predicted octanol–water partition coefficient (Wildman–Crippen LogP) is 1.53. The van der Waals surface area contributed by atoms with Gasteiger partial charge < -0.3 is 4.90 Å². The van der Waals surface area contributed by atoms with Crippen LogP contribution in [0.4, 0.5) is 10.6 Å². The van der Waals surface area contributed by atoms with Crippen LogP contribution in [0.1, 0.15) is 32.6 Å². The number of nitrogens with zero attached hydrogens (tertiary/aromatic N) is 5. The Bertz CT molecular complexity index is 747. The van der Waals surface area contributed by atoms with Gasteiger partial charge in [-0.1, -0.05) is 25.8 Å². The molecule has 0 unspecified atom stereocenters. The lowest BCUT2D eigenvalue weighted by molar-refractivity contribution is -0.145. The fraction of sp³-hybridized carbons (Fsp3) is 0.600. The van der Waals surface area contributed by atoms with Gasteiger partial charge in [-0.25, -0.2) is 14.7 Å². The highest BCUT2D eigenvalue weighted by atomic mass is 16.2. The van der Waals surface area contributed by atoms with Crippen LogP contribution >= 0.6 is 0 Å². The summed E-state index contributed by atoms with van der Waals surface area (Å²) in [7, 11) is 0. The molecular formula is C20H27N5O3. The Kier molecular flexibility index (Phi) is 5.30. The number of carbonyl (C=O) groups excluding carboxylic acids is 3. The normalized spacial score (nSPS) is 27.0. The summed E-state index contributed by atoms with van der Waals surface area (Å²) in [5, 5.41) is 0. The number of hydrogen-bond acceptors (Lipinski definition) is 6. The summed E-state index contributed by atoms with van der Waals surface area (Å²) in [6, 6.07) is 5.23. The Labute approximate surface area is 165 Å². The lowest BCUT2D eigenvalue weighted by Gasteiger charge is -2.37. The zero-order chi connectivity index (χ0) is 19.7. The molecule has 0 bridgehead atoms. The van der Waals surface area contributed by atoms with E-state index in [2.05, 4.69) is 21.7 Å². The zero-order valence-corrected chi connectivity index (χ0v) is 16.3. The van der Waals surface area contributed by atoms with Crippen molar-refractivity contribution in [2.24, 2.45) is 5.92 Å². The van der Waals surface area contributed by atoms with Crippen molar-refractivity contribution < 1.29 is 14.4 Å². The highest BCUT2D eigenvalue weighted by Gasteiger charge is 2.49. The molecule has 28 heavy (non-hydrogen) atoms. The molecule has 2 saturated heterocycles. The Balaban J connectivity index is 1.38. The van der Waals surface area contributed by atoms with E-state index < -0.39 is 17.8 Å². The van der Waals surface area contributed by atoms with Gasteiger partial charge in [0.05, 0.1) is 6.67 Å². The third kappa shape index (κ3) is 3.48. The van der Waals surface area contributed by atoms with Crippen LogP contribution in [-0.2, 0) is 9.59 Å². The van der Waals surface area contributed by atoms with E-state index in [4.69, 9.17) is 0 Å². The molecule has 150 valence electrons. The summed E-state index contributed by atoms with van der Waals surface area (Å²) in [4.78, 5) is 48.9. The third-order valence-corrected chi connectivity index (χ3v) is 6.17. The maximum Gasteiger partial charge on any atom is 0.335 e. The van der Waals surface area contributed by atoms with Gasteiger partial charge in [-0.3, -0.25) is 19.4 Å². The minimum atomic E-state index is -0.685. The average Bonchev–Trinajstić information content (AvgIpc) is 2.93. The maximum atomic E-state index is 12.9. The number of aromatic nitrogens is 1. The van der Waals surface area contributed by atoms with Crippen molar-refractivity contribution in [2.75, 3.05) is 37.7 Å². The topological polar surface area (TPSA) is 77.1 Å². The van der Waals surface area contributed by atoms with E-state index in [0.29, 0.717) is 13.1 Å². The molecule has 3 aliphatic rings. The molecule has 1 aromatic heterocycles. The summed E-state index contributed by atoms with van der Waals surface area (Å²) in [6.45, 7) is 5.20. The van der Waals surface area contributed by atoms with E-state index in [9.17, 15) is 14.4 Å². The molecule has 1 aliphatic carbocycles. The Morgan fingerprint density at radius 3 is 2.43 bits per heavy atom. The van der Waals surface area contributed by atoms with Gasteiger partial charge in [0, 0.05) is 38.4 Å². The second-order valence-electron chi connectivity index (χ2n) is 7.95. The highest BCUT2D eigenvalue weighted by Crippen LogP contribution is 2.31. The smallest absolute Gasteiger partial charge is 0.335 e. The lowest BCUT2D eigenvalue weighted by Crippen LogP contribution is -2.52. The van der Waals surface area contributed by atoms with Gasteiger partial charge >= 0.3 is 17.8 Å². The first-order valence-corrected chi connectivity index (χ1v) is 10.1. The number of carbonyl (C=O) groups is 3. The molecule has 1 aromatic rings. The number of pyridine rings is 1. The van der Waals surface area contributed by atoms with Crippen LogP contribution in [0.3, 0.4) is 0 Å². The largest absolute Gasteiger partial charge is 0.354 e. The molecule has 2 aliphatic heterocycles. The van der Waals surface area contributed by atoms with E-state index in [1.807, 2.05) is 18.2 Å². The van der Waals surface area contributed by atoms with Crippen molar-refractivity contribution in [3.05, 3.63) is 24.4 Å². The van der Waals surface area contributed by atoms with Crippen LogP contribution in [0, 0.1) is 5.92 Å². The minimum absolute atomic E-state index is 0.149. The first-order chi connectivity index (χ1) is 13.6. The second-order valence-corrected chi connectivity index (χ2v) is 7.95. The van der Waals surface area contributed by atoms with Crippen molar-refractivity contribution in [3.8, 4) is 0 Å². The van der Waals surface area contributed by atoms with Crippen molar-refractivity contribution in [1.82, 2.24) is 19.7 Å². The maximum absolute atomic E-state index is 12.9. The van der Waals surface area contributed by atoms with E-state index in [1.165, 1.54) is 4.90 Å². The van der Waals surface area contributed by atoms with Crippen molar-refractivity contribution in [1.29, 1.82) is 0 Å². The summed E-state index contributed by atoms with van der Waals surface area (Å²) in [5.41, 5.74) is 0. The Morgan fingerprint density at radius 1 is 1.00 bits per heavy atom. The number of urea groups is 1. The van der Waals surface area contributed by atoms with Gasteiger partial charge in [-0.15, -0.1) is 0 Å². The fourth-order valence-electron chi connectivity index (χ4n) is 4.48. The molecule has 3 heterocycles. The first kappa shape index (κ1) is 18.9. The number of anilines is 1. The van der Waals surface area contributed by atoms with E-state index >= 15 is 0 Å². The van der Waals surface area contributed by atoms with E-state index in [-0.39, 0.29) is 18.6 Å². The Hall–Kier alpha value is -2.48. The van der Waals surface area contributed by atoms with Crippen molar-refractivity contribution >= 4 is 23.7 Å². The van der Waals surface area contributed by atoms with Crippen molar-refractivity contribution in [2.45, 2.75) is 38.6 Å². The Morgan fingerprint density at radius 2 is 1.75 bits per heavy atom. The quantitative estimate of drug-likeness (QED) is 0.578. The van der Waals surface area contributed by atoms with E-state index in [1.54, 1.807) is 6.20 Å². The number of amides is 4. The molecule has 0 spiro atoms. The molecule has 8 nitrogen and oxygen atoms in total. The summed E-state index contributed by atoms with van der Waals surface area (Å²) in [5.74, 6) is -0.162. The highest BCUT2D eigenvalue weighted by molar-refractivity contribution is 6.44. The number of rotatable bonds is 4. The summed E-state index contributed by atoms with van der Waals surface area (Å²) < 4.78 is 0. The SMILES string of the molecule is C[C@H]1CCCC[C@@H]1N1C(=O)C(=O)N(CN2CCN(c3ccccn3)CC2)C1=O. The number of hydrogen-bond donors (Lipinski definition) is 0. The molecule has 0 radical (unpaired) electrons. The summed E-state index contributed by atoms with van der Waals surface area (Å²) >= 11 is 0.